The largest absolute Gasteiger partial charge is 0.309 e. The topological polar surface area (TPSA) is 67.8 Å². The first-order valence-corrected chi connectivity index (χ1v) is 15.4. The van der Waals surface area contributed by atoms with Crippen LogP contribution in [-0.4, -0.2) is 17.6 Å². The summed E-state index contributed by atoms with van der Waals surface area (Å²) in [5, 5.41) is 13.9. The Balaban J connectivity index is 1.38. The van der Waals surface area contributed by atoms with Crippen LogP contribution in [0, 0.1) is 11.3 Å². The van der Waals surface area contributed by atoms with Crippen molar-refractivity contribution in [2.75, 3.05) is 0 Å². The zero-order valence-electron chi connectivity index (χ0n) is 22.8. The lowest BCUT2D eigenvalue weighted by Crippen LogP contribution is -2.03. The van der Waals surface area contributed by atoms with Crippen molar-refractivity contribution in [1.29, 1.82) is 5.26 Å². The van der Waals surface area contributed by atoms with Crippen LogP contribution in [0.1, 0.15) is 5.56 Å². The van der Waals surface area contributed by atoms with E-state index in [4.69, 9.17) is 0 Å². The lowest BCUT2D eigenvalue weighted by molar-refractivity contribution is 0.596. The van der Waals surface area contributed by atoms with Gasteiger partial charge in [-0.05, 0) is 78.9 Å². The lowest BCUT2D eigenvalue weighted by Gasteiger charge is -2.10. The minimum atomic E-state index is -3.78. The van der Waals surface area contributed by atoms with E-state index in [1.165, 1.54) is 22.9 Å². The third-order valence-electron chi connectivity index (χ3n) is 8.16. The van der Waals surface area contributed by atoms with Gasteiger partial charge < -0.3 is 9.13 Å². The number of sulfone groups is 1. The van der Waals surface area contributed by atoms with Crippen LogP contribution >= 0.6 is 0 Å². The molecule has 8 aromatic rings. The molecule has 0 N–H and O–H groups in total. The smallest absolute Gasteiger partial charge is 0.206 e. The van der Waals surface area contributed by atoms with Crippen molar-refractivity contribution in [3.63, 3.8) is 0 Å². The Kier molecular flexibility index (Phi) is 5.52. The third-order valence-corrected chi connectivity index (χ3v) is 9.93. The number of nitrogens with zero attached hydrogens (tertiary/aromatic N) is 3. The minimum absolute atomic E-state index is 0.105. The highest BCUT2D eigenvalue weighted by Crippen LogP contribution is 2.42. The van der Waals surface area contributed by atoms with Crippen LogP contribution in [0.15, 0.2) is 149 Å². The Hall–Kier alpha value is -5.64. The molecule has 6 heteroatoms. The fourth-order valence-corrected chi connectivity index (χ4v) is 7.60. The van der Waals surface area contributed by atoms with Gasteiger partial charge in [-0.3, -0.25) is 0 Å². The van der Waals surface area contributed by atoms with Gasteiger partial charge >= 0.3 is 0 Å². The second-order valence-corrected chi connectivity index (χ2v) is 12.5. The second-order valence-electron chi connectivity index (χ2n) is 10.5. The molecule has 0 saturated carbocycles. The summed E-state index contributed by atoms with van der Waals surface area (Å²) >= 11 is 0. The maximum absolute atomic E-state index is 13.4. The van der Waals surface area contributed by atoms with Gasteiger partial charge in [-0.25, -0.2) is 8.42 Å². The Labute approximate surface area is 248 Å². The number of nitriles is 1. The molecule has 204 valence electrons. The van der Waals surface area contributed by atoms with E-state index >= 15 is 0 Å². The van der Waals surface area contributed by atoms with Crippen molar-refractivity contribution in [3.8, 4) is 17.4 Å². The van der Waals surface area contributed by atoms with E-state index in [1.807, 2.05) is 30.3 Å². The molecule has 0 saturated heterocycles. The number of fused-ring (bicyclic) bond motifs is 7. The number of para-hydroxylation sites is 3. The average molecular weight is 574 g/mol. The summed E-state index contributed by atoms with van der Waals surface area (Å²) in [4.78, 5) is 0.286. The highest BCUT2D eigenvalue weighted by Gasteiger charge is 2.22. The first-order valence-electron chi connectivity index (χ1n) is 13.9. The molecule has 0 aliphatic rings. The normalized spacial score (nSPS) is 11.9. The van der Waals surface area contributed by atoms with Gasteiger partial charge in [0.2, 0.25) is 9.84 Å². The average Bonchev–Trinajstić information content (AvgIpc) is 3.58. The zero-order chi connectivity index (χ0) is 29.1. The summed E-state index contributed by atoms with van der Waals surface area (Å²) in [7, 11) is -3.78. The van der Waals surface area contributed by atoms with Gasteiger partial charge in [0.25, 0.3) is 0 Å². The Morgan fingerprint density at radius 3 is 1.60 bits per heavy atom. The molecule has 0 radical (unpaired) electrons. The highest BCUT2D eigenvalue weighted by molar-refractivity contribution is 7.91. The molecule has 0 aliphatic heterocycles. The Morgan fingerprint density at radius 1 is 0.488 bits per heavy atom. The molecule has 5 nitrogen and oxygen atoms in total. The molecule has 0 aliphatic carbocycles. The van der Waals surface area contributed by atoms with Crippen molar-refractivity contribution in [2.24, 2.45) is 0 Å². The molecular formula is C37H23N3O2S. The summed E-state index contributed by atoms with van der Waals surface area (Å²) in [6, 6.07) is 46.7. The lowest BCUT2D eigenvalue weighted by atomic mass is 10.1. The summed E-state index contributed by atoms with van der Waals surface area (Å²) in [6.45, 7) is 0. The van der Waals surface area contributed by atoms with E-state index in [2.05, 4.69) is 88.0 Å². The van der Waals surface area contributed by atoms with Crippen molar-refractivity contribution in [3.05, 3.63) is 145 Å². The van der Waals surface area contributed by atoms with Gasteiger partial charge in [-0.2, -0.15) is 5.26 Å². The fourth-order valence-electron chi connectivity index (χ4n) is 6.29. The second kappa shape index (κ2) is 9.45. The number of hydrogen-bond acceptors (Lipinski definition) is 3. The predicted octanol–water partition coefficient (Wildman–Crippen LogP) is 8.59. The van der Waals surface area contributed by atoms with Crippen LogP contribution in [0.4, 0.5) is 0 Å². The number of benzene rings is 6. The monoisotopic (exact) mass is 573 g/mol. The molecule has 0 bridgehead atoms. The van der Waals surface area contributed by atoms with Crippen molar-refractivity contribution in [2.45, 2.75) is 9.79 Å². The first-order chi connectivity index (χ1) is 21.1. The van der Waals surface area contributed by atoms with Gasteiger partial charge in [0.05, 0.1) is 43.5 Å². The van der Waals surface area contributed by atoms with E-state index in [-0.39, 0.29) is 9.79 Å². The molecule has 43 heavy (non-hydrogen) atoms. The van der Waals surface area contributed by atoms with Crippen molar-refractivity contribution in [1.82, 2.24) is 9.13 Å². The van der Waals surface area contributed by atoms with Crippen LogP contribution in [0.25, 0.3) is 55.0 Å². The predicted molar refractivity (Wildman–Crippen MR) is 172 cm³/mol. The van der Waals surface area contributed by atoms with Crippen LogP contribution in [0.2, 0.25) is 0 Å². The van der Waals surface area contributed by atoms with E-state index < -0.39 is 9.84 Å². The van der Waals surface area contributed by atoms with Crippen LogP contribution < -0.4 is 0 Å². The summed E-state index contributed by atoms with van der Waals surface area (Å²) in [6.07, 6.45) is 0. The molecular weight excluding hydrogens is 550 g/mol. The Bertz CT molecular complexity index is 2520. The van der Waals surface area contributed by atoms with Gasteiger partial charge in [-0.1, -0.05) is 60.7 Å². The molecule has 2 aromatic heterocycles. The van der Waals surface area contributed by atoms with E-state index in [0.717, 1.165) is 44.2 Å². The first kappa shape index (κ1) is 25.1. The minimum Gasteiger partial charge on any atom is -0.309 e. The standard InChI is InChI=1S/C37H23N3O2S/c38-24-25-9-8-12-29(23-25)43(41,42)28-19-17-27(18-20-28)40-33-16-7-5-14-31(33)37-35(40)22-21-34-36(37)30-13-4-6-15-32(30)39(34)26-10-2-1-3-11-26/h1-23H. The Morgan fingerprint density at radius 2 is 1.02 bits per heavy atom. The zero-order valence-corrected chi connectivity index (χ0v) is 23.7. The fraction of sp³-hybridized carbons (Fsp3) is 0. The molecule has 0 atom stereocenters. The number of aromatic nitrogens is 2. The van der Waals surface area contributed by atoms with Gasteiger partial charge in [0, 0.05) is 32.9 Å². The molecule has 2 heterocycles. The van der Waals surface area contributed by atoms with E-state index in [9.17, 15) is 13.7 Å². The summed E-state index contributed by atoms with van der Waals surface area (Å²) in [5.74, 6) is 0. The maximum atomic E-state index is 13.4. The summed E-state index contributed by atoms with van der Waals surface area (Å²) in [5.41, 5.74) is 6.63. The van der Waals surface area contributed by atoms with E-state index in [1.54, 1.807) is 24.3 Å². The van der Waals surface area contributed by atoms with E-state index in [0.29, 0.717) is 5.56 Å². The number of rotatable bonds is 4. The number of hydrogen-bond donors (Lipinski definition) is 0. The quantitative estimate of drug-likeness (QED) is 0.212. The van der Waals surface area contributed by atoms with Crippen molar-refractivity contribution >= 4 is 53.4 Å². The van der Waals surface area contributed by atoms with Gasteiger partial charge in [0.15, 0.2) is 0 Å². The molecule has 8 rings (SSSR count). The molecule has 0 fully saturated rings. The van der Waals surface area contributed by atoms with Crippen molar-refractivity contribution < 1.29 is 8.42 Å². The molecule has 0 spiro atoms. The van der Waals surface area contributed by atoms with Gasteiger partial charge in [-0.15, -0.1) is 0 Å². The SMILES string of the molecule is N#Cc1cccc(S(=O)(=O)c2ccc(-n3c4ccccc4c4c5c6ccccc6n(-c6ccccc6)c5ccc43)cc2)c1. The van der Waals surface area contributed by atoms with Crippen LogP contribution in [0.3, 0.4) is 0 Å². The van der Waals surface area contributed by atoms with Crippen LogP contribution in [-0.2, 0) is 9.84 Å². The maximum Gasteiger partial charge on any atom is 0.206 e. The molecule has 0 unspecified atom stereocenters. The summed E-state index contributed by atoms with van der Waals surface area (Å²) < 4.78 is 31.3. The molecule has 6 aromatic carbocycles. The molecule has 0 amide bonds. The highest BCUT2D eigenvalue weighted by atomic mass is 32.2. The third kappa shape index (κ3) is 3.72. The van der Waals surface area contributed by atoms with Gasteiger partial charge in [0.1, 0.15) is 0 Å². The van der Waals surface area contributed by atoms with Crippen LogP contribution in [0.5, 0.6) is 0 Å².